The van der Waals surface area contributed by atoms with E-state index in [0.29, 0.717) is 34.5 Å². The fourth-order valence-corrected chi connectivity index (χ4v) is 2.85. The van der Waals surface area contributed by atoms with Gasteiger partial charge in [0, 0.05) is 24.5 Å². The maximum absolute atomic E-state index is 6.08. The molecule has 2 aromatic rings. The van der Waals surface area contributed by atoms with Crippen LogP contribution in [-0.2, 0) is 3.79 Å². The lowest BCUT2D eigenvalue weighted by molar-refractivity contribution is 0.643. The first-order valence-electron chi connectivity index (χ1n) is 7.87. The Hall–Kier alpha value is -1.18. The Morgan fingerprint density at radius 2 is 1.85 bits per heavy atom. The summed E-state index contributed by atoms with van der Waals surface area (Å²) >= 11 is 30.0. The van der Waals surface area contributed by atoms with Crippen LogP contribution in [0.2, 0.25) is 10.0 Å². The number of rotatable bonds is 5. The second kappa shape index (κ2) is 8.88. The zero-order valence-corrected chi connectivity index (χ0v) is 17.5. The van der Waals surface area contributed by atoms with Crippen LogP contribution in [0.25, 0.3) is 11.4 Å². The number of hydrogen-bond donors (Lipinski definition) is 1. The molecule has 0 spiro atoms. The SMILES string of the molecule is Clc1ccc(-c2nc(NCCC3CN=CC=N3)nc(C(Cl)(Cl)Cl)n2)cc1Cl. The van der Waals surface area contributed by atoms with Crippen molar-refractivity contribution in [2.75, 3.05) is 18.4 Å². The van der Waals surface area contributed by atoms with E-state index in [-0.39, 0.29) is 17.8 Å². The Kier molecular flexibility index (Phi) is 6.76. The first-order valence-corrected chi connectivity index (χ1v) is 9.76. The van der Waals surface area contributed by atoms with Gasteiger partial charge in [-0.1, -0.05) is 58.0 Å². The number of nitrogens with zero attached hydrogens (tertiary/aromatic N) is 5. The van der Waals surface area contributed by atoms with Gasteiger partial charge in [-0.2, -0.15) is 9.97 Å². The van der Waals surface area contributed by atoms with E-state index < -0.39 is 3.79 Å². The number of hydrogen-bond acceptors (Lipinski definition) is 6. The van der Waals surface area contributed by atoms with Crippen molar-refractivity contribution >= 4 is 76.4 Å². The van der Waals surface area contributed by atoms with Crippen LogP contribution in [0.15, 0.2) is 28.2 Å². The molecule has 1 aromatic heterocycles. The molecule has 1 atom stereocenters. The van der Waals surface area contributed by atoms with Crippen LogP contribution in [0.5, 0.6) is 0 Å². The summed E-state index contributed by atoms with van der Waals surface area (Å²) in [5.41, 5.74) is 0.622. The van der Waals surface area contributed by atoms with E-state index in [9.17, 15) is 0 Å². The highest BCUT2D eigenvalue weighted by Gasteiger charge is 2.28. The molecule has 0 saturated carbocycles. The molecule has 0 amide bonds. The van der Waals surface area contributed by atoms with E-state index in [1.54, 1.807) is 30.6 Å². The van der Waals surface area contributed by atoms with Crippen LogP contribution in [-0.4, -0.2) is 46.5 Å². The van der Waals surface area contributed by atoms with Crippen molar-refractivity contribution in [2.45, 2.75) is 16.3 Å². The first kappa shape index (κ1) is 20.6. The van der Waals surface area contributed by atoms with Gasteiger partial charge in [0.2, 0.25) is 9.74 Å². The number of halogens is 5. The highest BCUT2D eigenvalue weighted by molar-refractivity contribution is 6.66. The summed E-state index contributed by atoms with van der Waals surface area (Å²) < 4.78 is -1.80. The Morgan fingerprint density at radius 3 is 2.52 bits per heavy atom. The Bertz CT molecular complexity index is 880. The molecule has 3 rings (SSSR count). The molecule has 142 valence electrons. The van der Waals surface area contributed by atoms with Crippen molar-refractivity contribution in [1.82, 2.24) is 15.0 Å². The largest absolute Gasteiger partial charge is 0.354 e. The van der Waals surface area contributed by atoms with Gasteiger partial charge in [-0.25, -0.2) is 4.98 Å². The Labute approximate surface area is 181 Å². The van der Waals surface area contributed by atoms with Gasteiger partial charge in [-0.05, 0) is 24.6 Å². The van der Waals surface area contributed by atoms with Crippen LogP contribution >= 0.6 is 58.0 Å². The monoisotopic (exact) mass is 464 g/mol. The lowest BCUT2D eigenvalue weighted by atomic mass is 10.2. The zero-order valence-electron chi connectivity index (χ0n) is 13.7. The van der Waals surface area contributed by atoms with E-state index in [1.165, 1.54) is 0 Å². The molecule has 0 bridgehead atoms. The van der Waals surface area contributed by atoms with Crippen molar-refractivity contribution in [3.63, 3.8) is 0 Å². The standard InChI is InChI=1S/C16H13Cl5N6/c17-11-2-1-9(7-12(11)18)13-25-14(16(19,20)21)27-15(26-13)24-4-3-10-8-22-5-6-23-10/h1-2,5-7,10H,3-4,8H2,(H,24,25,26,27). The fourth-order valence-electron chi connectivity index (χ4n) is 2.30. The number of anilines is 1. The summed E-state index contributed by atoms with van der Waals surface area (Å²) in [6.45, 7) is 1.23. The van der Waals surface area contributed by atoms with Crippen LogP contribution in [0, 0.1) is 0 Å². The van der Waals surface area contributed by atoms with Gasteiger partial charge in [0.15, 0.2) is 11.6 Å². The lowest BCUT2D eigenvalue weighted by Gasteiger charge is -2.15. The van der Waals surface area contributed by atoms with E-state index in [0.717, 1.165) is 6.42 Å². The highest BCUT2D eigenvalue weighted by atomic mass is 35.6. The predicted octanol–water partition coefficient (Wildman–Crippen LogP) is 5.00. The Balaban J connectivity index is 1.83. The Morgan fingerprint density at radius 1 is 1.04 bits per heavy atom. The van der Waals surface area contributed by atoms with Gasteiger partial charge in [0.05, 0.1) is 22.6 Å². The molecule has 1 aliphatic rings. The van der Waals surface area contributed by atoms with Gasteiger partial charge in [-0.15, -0.1) is 0 Å². The summed E-state index contributed by atoms with van der Waals surface area (Å²) in [6, 6.07) is 5.13. The molecule has 1 aliphatic heterocycles. The molecule has 0 saturated heterocycles. The summed E-state index contributed by atoms with van der Waals surface area (Å²) in [5.74, 6) is 0.606. The quantitative estimate of drug-likeness (QED) is 0.630. The van der Waals surface area contributed by atoms with Crippen LogP contribution in [0.3, 0.4) is 0 Å². The molecule has 11 heteroatoms. The average molecular weight is 467 g/mol. The molecule has 2 heterocycles. The van der Waals surface area contributed by atoms with E-state index in [4.69, 9.17) is 58.0 Å². The van der Waals surface area contributed by atoms with E-state index in [1.807, 2.05) is 0 Å². The highest BCUT2D eigenvalue weighted by Crippen LogP contribution is 2.37. The number of alkyl halides is 3. The van der Waals surface area contributed by atoms with Gasteiger partial charge >= 0.3 is 0 Å². The first-order chi connectivity index (χ1) is 12.8. The van der Waals surface area contributed by atoms with Crippen molar-refractivity contribution in [3.05, 3.63) is 34.1 Å². The third-order valence-electron chi connectivity index (χ3n) is 3.61. The molecule has 0 radical (unpaired) electrons. The van der Waals surface area contributed by atoms with Crippen molar-refractivity contribution < 1.29 is 0 Å². The summed E-state index contributed by atoms with van der Waals surface area (Å²) in [7, 11) is 0. The van der Waals surface area contributed by atoms with Crippen molar-refractivity contribution in [3.8, 4) is 11.4 Å². The second-order valence-corrected chi connectivity index (χ2v) is 8.71. The van der Waals surface area contributed by atoms with E-state index in [2.05, 4.69) is 30.3 Å². The van der Waals surface area contributed by atoms with Crippen LogP contribution in [0.1, 0.15) is 12.2 Å². The molecular weight excluding hydrogens is 453 g/mol. The van der Waals surface area contributed by atoms with Gasteiger partial charge in [0.1, 0.15) is 0 Å². The molecule has 6 nitrogen and oxygen atoms in total. The van der Waals surface area contributed by atoms with Crippen LogP contribution < -0.4 is 5.32 Å². The molecule has 1 N–H and O–H groups in total. The zero-order chi connectivity index (χ0) is 19.4. The number of aromatic nitrogens is 3. The summed E-state index contributed by atoms with van der Waals surface area (Å²) in [6.07, 6.45) is 4.14. The lowest BCUT2D eigenvalue weighted by Crippen LogP contribution is -2.19. The summed E-state index contributed by atoms with van der Waals surface area (Å²) in [5, 5.41) is 3.91. The van der Waals surface area contributed by atoms with Gasteiger partial charge < -0.3 is 5.32 Å². The topological polar surface area (TPSA) is 75.4 Å². The maximum Gasteiger partial charge on any atom is 0.250 e. The number of nitrogens with one attached hydrogen (secondary N) is 1. The third-order valence-corrected chi connectivity index (χ3v) is 4.86. The minimum atomic E-state index is -1.80. The average Bonchev–Trinajstić information content (AvgIpc) is 2.64. The molecular formula is C16H13Cl5N6. The van der Waals surface area contributed by atoms with Gasteiger partial charge in [0.25, 0.3) is 0 Å². The van der Waals surface area contributed by atoms with Gasteiger partial charge in [-0.3, -0.25) is 9.98 Å². The molecule has 0 aliphatic carbocycles. The predicted molar refractivity (Wildman–Crippen MR) is 113 cm³/mol. The third kappa shape index (κ3) is 5.65. The second-order valence-electron chi connectivity index (χ2n) is 5.61. The smallest absolute Gasteiger partial charge is 0.250 e. The fraction of sp³-hybridized carbons (Fsp3) is 0.312. The minimum absolute atomic E-state index is 0.00589. The number of aliphatic imine (C=N–C) groups is 2. The minimum Gasteiger partial charge on any atom is -0.354 e. The number of benzene rings is 1. The van der Waals surface area contributed by atoms with Crippen LogP contribution in [0.4, 0.5) is 5.95 Å². The molecule has 0 fully saturated rings. The normalized spacial score (nSPS) is 16.6. The maximum atomic E-state index is 6.08. The molecule has 1 unspecified atom stereocenters. The molecule has 1 aromatic carbocycles. The van der Waals surface area contributed by atoms with Crippen molar-refractivity contribution in [1.29, 1.82) is 0 Å². The van der Waals surface area contributed by atoms with E-state index >= 15 is 0 Å². The molecule has 27 heavy (non-hydrogen) atoms. The summed E-state index contributed by atoms with van der Waals surface area (Å²) in [4.78, 5) is 21.4. The van der Waals surface area contributed by atoms with Crippen molar-refractivity contribution in [2.24, 2.45) is 9.98 Å².